The first-order valence-corrected chi connectivity index (χ1v) is 13.0. The van der Waals surface area contributed by atoms with E-state index in [1.165, 1.54) is 18.2 Å². The summed E-state index contributed by atoms with van der Waals surface area (Å²) in [5.41, 5.74) is 1.98. The van der Waals surface area contributed by atoms with E-state index < -0.39 is 5.82 Å². The molecule has 8 nitrogen and oxygen atoms in total. The topological polar surface area (TPSA) is 78.9 Å². The highest BCUT2D eigenvalue weighted by Gasteiger charge is 2.27. The average molecular weight is 520 g/mol. The molecule has 1 aliphatic rings. The lowest BCUT2D eigenvalue weighted by atomic mass is 10.1. The van der Waals surface area contributed by atoms with Crippen molar-refractivity contribution in [1.82, 2.24) is 20.0 Å². The molecule has 1 aromatic heterocycles. The molecular formula is C29H34FN5O3. The zero-order chi connectivity index (χ0) is 27.1. The fourth-order valence-electron chi connectivity index (χ4n) is 4.49. The van der Waals surface area contributed by atoms with E-state index in [1.54, 1.807) is 23.0 Å². The minimum Gasteiger partial charge on any atom is -0.497 e. The van der Waals surface area contributed by atoms with Gasteiger partial charge in [-0.3, -0.25) is 9.59 Å². The van der Waals surface area contributed by atoms with Crippen molar-refractivity contribution in [2.75, 3.05) is 44.7 Å². The van der Waals surface area contributed by atoms with Gasteiger partial charge in [0.2, 0.25) is 5.91 Å². The van der Waals surface area contributed by atoms with Crippen molar-refractivity contribution in [3.8, 4) is 17.0 Å². The highest BCUT2D eigenvalue weighted by atomic mass is 19.1. The van der Waals surface area contributed by atoms with Crippen molar-refractivity contribution in [1.29, 1.82) is 0 Å². The van der Waals surface area contributed by atoms with Gasteiger partial charge in [0.25, 0.3) is 5.91 Å². The van der Waals surface area contributed by atoms with Crippen LogP contribution < -0.4 is 9.64 Å². The minimum absolute atomic E-state index is 0.0410. The Morgan fingerprint density at radius 2 is 1.82 bits per heavy atom. The third kappa shape index (κ3) is 6.45. The van der Waals surface area contributed by atoms with Gasteiger partial charge in [0, 0.05) is 43.3 Å². The van der Waals surface area contributed by atoms with E-state index in [0.717, 1.165) is 35.8 Å². The van der Waals surface area contributed by atoms with Gasteiger partial charge in [-0.25, -0.2) is 4.39 Å². The lowest BCUT2D eigenvalue weighted by Crippen LogP contribution is -2.47. The Bertz CT molecular complexity index is 1240. The van der Waals surface area contributed by atoms with Gasteiger partial charge in [-0.1, -0.05) is 13.0 Å². The van der Waals surface area contributed by atoms with Crippen LogP contribution in [0, 0.1) is 5.82 Å². The molecule has 0 N–H and O–H groups in total. The zero-order valence-corrected chi connectivity index (χ0v) is 22.1. The molecule has 38 heavy (non-hydrogen) atoms. The van der Waals surface area contributed by atoms with Gasteiger partial charge < -0.3 is 19.4 Å². The smallest absolute Gasteiger partial charge is 0.254 e. The number of aromatic nitrogens is 2. The number of hydrogen-bond donors (Lipinski definition) is 0. The quantitative estimate of drug-likeness (QED) is 0.442. The molecule has 1 atom stereocenters. The third-order valence-electron chi connectivity index (χ3n) is 6.97. The second-order valence-corrected chi connectivity index (χ2v) is 9.43. The number of halogens is 1. The molecule has 4 rings (SSSR count). The summed E-state index contributed by atoms with van der Waals surface area (Å²) in [6.45, 7) is 6.30. The van der Waals surface area contributed by atoms with E-state index in [0.29, 0.717) is 26.1 Å². The van der Waals surface area contributed by atoms with Gasteiger partial charge in [0.05, 0.1) is 12.8 Å². The minimum atomic E-state index is -0.473. The molecule has 2 aromatic carbocycles. The summed E-state index contributed by atoms with van der Waals surface area (Å²) >= 11 is 0. The van der Waals surface area contributed by atoms with Crippen molar-refractivity contribution >= 4 is 17.6 Å². The summed E-state index contributed by atoms with van der Waals surface area (Å²) in [6.07, 6.45) is 1.46. The fraction of sp³-hybridized carbons (Fsp3) is 0.379. The predicted octanol–water partition coefficient (Wildman–Crippen LogP) is 4.27. The van der Waals surface area contributed by atoms with Gasteiger partial charge in [-0.2, -0.15) is 0 Å². The van der Waals surface area contributed by atoms with Crippen LogP contribution in [0.15, 0.2) is 60.7 Å². The molecular weight excluding hydrogens is 485 g/mol. The number of methoxy groups -OCH3 is 1. The molecule has 3 aromatic rings. The van der Waals surface area contributed by atoms with Crippen molar-refractivity contribution in [3.63, 3.8) is 0 Å². The van der Waals surface area contributed by atoms with Crippen LogP contribution in [0.25, 0.3) is 11.3 Å². The first-order chi connectivity index (χ1) is 18.4. The summed E-state index contributed by atoms with van der Waals surface area (Å²) in [4.78, 5) is 31.9. The number of benzene rings is 2. The molecule has 0 bridgehead atoms. The molecule has 1 fully saturated rings. The van der Waals surface area contributed by atoms with Gasteiger partial charge in [0.15, 0.2) is 5.82 Å². The van der Waals surface area contributed by atoms with Gasteiger partial charge in [-0.05, 0) is 74.4 Å². The van der Waals surface area contributed by atoms with Crippen molar-refractivity contribution in [2.45, 2.75) is 32.7 Å². The van der Waals surface area contributed by atoms with E-state index in [4.69, 9.17) is 4.74 Å². The zero-order valence-electron chi connectivity index (χ0n) is 22.1. The second-order valence-electron chi connectivity index (χ2n) is 9.43. The lowest BCUT2D eigenvalue weighted by Gasteiger charge is -2.31. The summed E-state index contributed by atoms with van der Waals surface area (Å²) in [5, 5.41) is 8.84. The van der Waals surface area contributed by atoms with Gasteiger partial charge in [-0.15, -0.1) is 10.2 Å². The van der Waals surface area contributed by atoms with Gasteiger partial charge >= 0.3 is 0 Å². The molecule has 1 saturated heterocycles. The Hall–Kier alpha value is -4.01. The molecule has 0 radical (unpaired) electrons. The monoisotopic (exact) mass is 519 g/mol. The maximum atomic E-state index is 13.7. The van der Waals surface area contributed by atoms with Crippen LogP contribution >= 0.6 is 0 Å². The molecule has 2 heterocycles. The standard InChI is InChI=1S/C29H34FN5O3/c1-4-21(2)35(29(37)23-7-5-8-24(30)19-23)20-28(36)34-16-6-15-33(17-18-34)27-14-13-26(31-32-27)22-9-11-25(38-3)12-10-22/h5,7-14,19,21H,4,6,15-18,20H2,1-3H3. The number of ether oxygens (including phenoxy) is 1. The van der Waals surface area contributed by atoms with Crippen molar-refractivity contribution in [2.24, 2.45) is 0 Å². The molecule has 0 spiro atoms. The first-order valence-electron chi connectivity index (χ1n) is 13.0. The van der Waals surface area contributed by atoms with Crippen LogP contribution in [0.1, 0.15) is 37.0 Å². The highest BCUT2D eigenvalue weighted by molar-refractivity contribution is 5.96. The first kappa shape index (κ1) is 27.0. The van der Waals surface area contributed by atoms with E-state index in [2.05, 4.69) is 15.1 Å². The van der Waals surface area contributed by atoms with Crippen LogP contribution in [0.3, 0.4) is 0 Å². The Kier molecular flexibility index (Phi) is 8.89. The molecule has 2 amide bonds. The van der Waals surface area contributed by atoms with Crippen LogP contribution in [0.5, 0.6) is 5.75 Å². The predicted molar refractivity (Wildman–Crippen MR) is 145 cm³/mol. The van der Waals surface area contributed by atoms with E-state index >= 15 is 0 Å². The van der Waals surface area contributed by atoms with Gasteiger partial charge in [0.1, 0.15) is 18.1 Å². The number of anilines is 1. The third-order valence-corrected chi connectivity index (χ3v) is 6.97. The lowest BCUT2D eigenvalue weighted by molar-refractivity contribution is -0.132. The normalized spacial score (nSPS) is 14.5. The summed E-state index contributed by atoms with van der Waals surface area (Å²) in [7, 11) is 1.63. The highest BCUT2D eigenvalue weighted by Crippen LogP contribution is 2.22. The molecule has 1 unspecified atom stereocenters. The Morgan fingerprint density at radius 1 is 1.03 bits per heavy atom. The Morgan fingerprint density at radius 3 is 2.47 bits per heavy atom. The second kappa shape index (κ2) is 12.5. The number of amides is 2. The van der Waals surface area contributed by atoms with E-state index in [1.807, 2.05) is 50.2 Å². The number of hydrogen-bond acceptors (Lipinski definition) is 6. The Balaban J connectivity index is 1.39. The van der Waals surface area contributed by atoms with E-state index in [9.17, 15) is 14.0 Å². The molecule has 0 aliphatic carbocycles. The van der Waals surface area contributed by atoms with Crippen molar-refractivity contribution in [3.05, 3.63) is 72.0 Å². The van der Waals surface area contributed by atoms with E-state index in [-0.39, 0.29) is 30.0 Å². The number of rotatable bonds is 8. The Labute approximate surface area is 223 Å². The SMILES string of the molecule is CCC(C)N(CC(=O)N1CCCN(c2ccc(-c3ccc(OC)cc3)nn2)CC1)C(=O)c1cccc(F)c1. The van der Waals surface area contributed by atoms with Crippen LogP contribution in [0.4, 0.5) is 10.2 Å². The average Bonchev–Trinajstić information content (AvgIpc) is 3.22. The largest absolute Gasteiger partial charge is 0.497 e. The molecule has 0 saturated carbocycles. The maximum Gasteiger partial charge on any atom is 0.254 e. The van der Waals surface area contributed by atoms with Crippen LogP contribution in [0.2, 0.25) is 0 Å². The summed E-state index contributed by atoms with van der Waals surface area (Å²) in [6, 6.07) is 17.0. The maximum absolute atomic E-state index is 13.7. The molecule has 200 valence electrons. The number of carbonyl (C=O) groups is 2. The number of nitrogens with zero attached hydrogens (tertiary/aromatic N) is 5. The van der Waals surface area contributed by atoms with Crippen LogP contribution in [-0.4, -0.2) is 77.7 Å². The summed E-state index contributed by atoms with van der Waals surface area (Å²) < 4.78 is 18.9. The molecule has 1 aliphatic heterocycles. The van der Waals surface area contributed by atoms with Crippen molar-refractivity contribution < 1.29 is 18.7 Å². The van der Waals surface area contributed by atoms with Crippen LogP contribution in [-0.2, 0) is 4.79 Å². The fourth-order valence-corrected chi connectivity index (χ4v) is 4.49. The molecule has 9 heteroatoms. The number of carbonyl (C=O) groups excluding carboxylic acids is 2. The summed E-state index contributed by atoms with van der Waals surface area (Å²) in [5.74, 6) is 0.624.